The van der Waals surface area contributed by atoms with E-state index in [2.05, 4.69) is 83.4 Å². The number of carbonyl (C=O) groups is 1. The maximum atomic E-state index is 16.0. The summed E-state index contributed by atoms with van der Waals surface area (Å²) >= 11 is 6.92. The Bertz CT molecular complexity index is 992. The smallest absolute Gasteiger partial charge is 0.150 e. The van der Waals surface area contributed by atoms with Crippen molar-refractivity contribution >= 4 is 64.2 Å². The fraction of sp³-hybridized carbons (Fsp3) is 0.593. The molecule has 0 bridgehead atoms. The molecule has 2 aromatic rings. The van der Waals surface area contributed by atoms with Crippen molar-refractivity contribution < 1.29 is 13.6 Å². The van der Waals surface area contributed by atoms with Crippen molar-refractivity contribution in [2.75, 3.05) is 0 Å². The van der Waals surface area contributed by atoms with Crippen molar-refractivity contribution in [1.82, 2.24) is 9.97 Å². The van der Waals surface area contributed by atoms with Gasteiger partial charge in [-0.05, 0) is 68.2 Å². The van der Waals surface area contributed by atoms with Gasteiger partial charge in [0.2, 0.25) is 0 Å². The van der Waals surface area contributed by atoms with E-state index >= 15 is 8.78 Å². The zero-order valence-corrected chi connectivity index (χ0v) is 28.0. The number of Topliss-reactive ketones (excluding diaryl/α,β-unsaturated/α-hetero) is 1. The van der Waals surface area contributed by atoms with E-state index in [4.69, 9.17) is 0 Å². The molecule has 9 heteroatoms. The van der Waals surface area contributed by atoms with Crippen LogP contribution < -0.4 is 10.4 Å². The molecule has 0 aromatic carbocycles. The van der Waals surface area contributed by atoms with Gasteiger partial charge in [0.1, 0.15) is 20.8 Å². The van der Waals surface area contributed by atoms with Gasteiger partial charge < -0.3 is 0 Å². The van der Waals surface area contributed by atoms with Gasteiger partial charge in [0, 0.05) is 0 Å². The van der Waals surface area contributed by atoms with Crippen LogP contribution in [0.2, 0.25) is 36.3 Å². The van der Waals surface area contributed by atoms with Crippen LogP contribution in [0.5, 0.6) is 0 Å². The molecule has 0 N–H and O–H groups in total. The summed E-state index contributed by atoms with van der Waals surface area (Å²) < 4.78 is 33.1. The lowest BCUT2D eigenvalue weighted by Gasteiger charge is -2.31. The van der Waals surface area contributed by atoms with Gasteiger partial charge in [-0.3, -0.25) is 4.79 Å². The topological polar surface area (TPSA) is 42.9 Å². The van der Waals surface area contributed by atoms with Crippen LogP contribution in [0.4, 0.5) is 8.78 Å². The summed E-state index contributed by atoms with van der Waals surface area (Å²) in [5.41, 5.74) is 0.275. The maximum absolute atomic E-state index is 16.0. The lowest BCUT2D eigenvalue weighted by atomic mass is 9.89. The van der Waals surface area contributed by atoms with E-state index in [1.807, 2.05) is 0 Å². The number of hydrogen-bond donors (Lipinski definition) is 0. The quantitative estimate of drug-likeness (QED) is 0.170. The van der Waals surface area contributed by atoms with Crippen LogP contribution in [0.25, 0.3) is 0 Å². The van der Waals surface area contributed by atoms with E-state index in [-0.39, 0.29) is 28.8 Å². The Morgan fingerprint density at radius 3 is 1.25 bits per heavy atom. The Morgan fingerprint density at radius 1 is 0.722 bits per heavy atom. The molecule has 2 atom stereocenters. The minimum Gasteiger partial charge on any atom is -0.298 e. The molecule has 200 valence electrons. The zero-order chi connectivity index (χ0) is 27.4. The van der Waals surface area contributed by atoms with E-state index in [1.165, 1.54) is 0 Å². The molecule has 0 saturated carbocycles. The standard InChI is InChI=1S/C27H40Br2F2N2OSi2/c1-9-35(10-2,11-3)19-15-21(28)32-25(23(19)30)17(7)27(34)18(8)26-24(31)20(16-22(29)33-26)36(12-4,13-5)14-6/h15-18H,9-14H2,1-8H3. The van der Waals surface area contributed by atoms with Gasteiger partial charge in [-0.25, -0.2) is 18.7 Å². The van der Waals surface area contributed by atoms with E-state index < -0.39 is 28.0 Å². The van der Waals surface area contributed by atoms with Gasteiger partial charge in [-0.2, -0.15) is 0 Å². The van der Waals surface area contributed by atoms with Crippen molar-refractivity contribution in [1.29, 1.82) is 0 Å². The molecule has 0 saturated heterocycles. The minimum absolute atomic E-state index is 0.137. The molecule has 0 spiro atoms. The predicted octanol–water partition coefficient (Wildman–Crippen LogP) is 8.19. The first-order chi connectivity index (χ1) is 16.9. The number of pyridine rings is 2. The van der Waals surface area contributed by atoms with E-state index in [1.54, 1.807) is 26.0 Å². The summed E-state index contributed by atoms with van der Waals surface area (Å²) in [6.07, 6.45) is 0. The Kier molecular flexibility index (Phi) is 11.2. The number of rotatable bonds is 12. The maximum Gasteiger partial charge on any atom is 0.150 e. The zero-order valence-electron chi connectivity index (χ0n) is 22.9. The number of aromatic nitrogens is 2. The molecular formula is C27H40Br2F2N2OSi2. The monoisotopic (exact) mass is 660 g/mol. The molecule has 0 aliphatic heterocycles. The van der Waals surface area contributed by atoms with Crippen LogP contribution in [0, 0.1) is 11.6 Å². The van der Waals surface area contributed by atoms with Gasteiger partial charge in [-0.1, -0.05) is 77.8 Å². The van der Waals surface area contributed by atoms with Crippen LogP contribution in [0.15, 0.2) is 21.3 Å². The molecule has 2 aromatic heterocycles. The molecule has 0 amide bonds. The van der Waals surface area contributed by atoms with Gasteiger partial charge in [0.25, 0.3) is 0 Å². The molecule has 36 heavy (non-hydrogen) atoms. The average molecular weight is 663 g/mol. The fourth-order valence-corrected chi connectivity index (χ4v) is 14.3. The number of halogens is 4. The number of hydrogen-bond acceptors (Lipinski definition) is 3. The summed E-state index contributed by atoms with van der Waals surface area (Å²) in [7, 11) is -4.12. The SMILES string of the molecule is CC[Si](CC)(CC)c1cc(Br)nc(C(C)C(=O)C(C)c2nc(Br)cc([Si](CC)(CC)CC)c2F)c1F. The van der Waals surface area contributed by atoms with Crippen LogP contribution in [-0.4, -0.2) is 31.9 Å². The van der Waals surface area contributed by atoms with Gasteiger partial charge in [-0.15, -0.1) is 0 Å². The largest absolute Gasteiger partial charge is 0.298 e. The normalized spacial score (nSPS) is 14.1. The van der Waals surface area contributed by atoms with Crippen molar-refractivity contribution in [3.05, 3.63) is 44.4 Å². The van der Waals surface area contributed by atoms with Crippen LogP contribution in [0.1, 0.15) is 78.6 Å². The first kappa shape index (κ1) is 31.4. The summed E-state index contributed by atoms with van der Waals surface area (Å²) in [6.45, 7) is 16.1. The highest BCUT2D eigenvalue weighted by atomic mass is 79.9. The lowest BCUT2D eigenvalue weighted by Crippen LogP contribution is -2.48. The Labute approximate surface area is 234 Å². The van der Waals surface area contributed by atoms with E-state index in [0.29, 0.717) is 9.21 Å². The molecule has 2 unspecified atom stereocenters. The van der Waals surface area contributed by atoms with Crippen LogP contribution >= 0.6 is 31.9 Å². The summed E-state index contributed by atoms with van der Waals surface area (Å²) in [5, 5.41) is 1.44. The third-order valence-corrected chi connectivity index (χ3v) is 20.7. The molecular weight excluding hydrogens is 622 g/mol. The average Bonchev–Trinajstić information content (AvgIpc) is 2.88. The highest BCUT2D eigenvalue weighted by Gasteiger charge is 2.38. The summed E-state index contributed by atoms with van der Waals surface area (Å²) in [5.74, 6) is -2.69. The van der Waals surface area contributed by atoms with Gasteiger partial charge in [0.05, 0.1) is 39.4 Å². The van der Waals surface area contributed by atoms with Crippen LogP contribution in [-0.2, 0) is 4.79 Å². The Morgan fingerprint density at radius 2 is 1.00 bits per heavy atom. The Balaban J connectivity index is 2.60. The van der Waals surface area contributed by atoms with E-state index in [0.717, 1.165) is 46.6 Å². The second-order valence-corrected chi connectivity index (χ2v) is 22.0. The van der Waals surface area contributed by atoms with Crippen LogP contribution in [0.3, 0.4) is 0 Å². The molecule has 2 heterocycles. The molecule has 0 radical (unpaired) electrons. The third-order valence-electron chi connectivity index (χ3n) is 8.78. The first-order valence-corrected chi connectivity index (χ1v) is 20.0. The van der Waals surface area contributed by atoms with Crippen molar-refractivity contribution in [2.24, 2.45) is 0 Å². The molecule has 0 aliphatic carbocycles. The highest BCUT2D eigenvalue weighted by molar-refractivity contribution is 9.10. The van der Waals surface area contributed by atoms with Crippen molar-refractivity contribution in [3.63, 3.8) is 0 Å². The van der Waals surface area contributed by atoms with E-state index in [9.17, 15) is 4.79 Å². The van der Waals surface area contributed by atoms with Gasteiger partial charge in [0.15, 0.2) is 5.78 Å². The number of nitrogens with zero attached hydrogens (tertiary/aromatic N) is 2. The summed E-state index contributed by atoms with van der Waals surface area (Å²) in [4.78, 5) is 22.5. The molecule has 3 nitrogen and oxygen atoms in total. The number of ketones is 1. The summed E-state index contributed by atoms with van der Waals surface area (Å²) in [6, 6.07) is 9.10. The molecule has 0 aliphatic rings. The third kappa shape index (κ3) is 5.78. The second kappa shape index (κ2) is 12.8. The molecule has 0 fully saturated rings. The van der Waals surface area contributed by atoms with Crippen molar-refractivity contribution in [2.45, 2.75) is 103 Å². The van der Waals surface area contributed by atoms with Gasteiger partial charge >= 0.3 is 0 Å². The fourth-order valence-electron chi connectivity index (χ4n) is 5.67. The molecule has 2 rings (SSSR count). The highest BCUT2D eigenvalue weighted by Crippen LogP contribution is 2.32. The first-order valence-electron chi connectivity index (χ1n) is 13.2. The predicted molar refractivity (Wildman–Crippen MR) is 159 cm³/mol. The lowest BCUT2D eigenvalue weighted by molar-refractivity contribution is -0.121. The Hall–Kier alpha value is -0.776. The van der Waals surface area contributed by atoms with Crippen molar-refractivity contribution in [3.8, 4) is 0 Å². The minimum atomic E-state index is -2.06. The second-order valence-electron chi connectivity index (χ2n) is 9.91. The number of carbonyl (C=O) groups excluding carboxylic acids is 1.